The van der Waals surface area contributed by atoms with Crippen LogP contribution in [-0.4, -0.2) is 22.1 Å². The Balaban J connectivity index is 1.59. The Hall–Kier alpha value is -3.09. The molecule has 3 aromatic rings. The Kier molecular flexibility index (Phi) is 4.33. The Morgan fingerprint density at radius 2 is 2.08 bits per heavy atom. The van der Waals surface area contributed by atoms with Crippen LogP contribution >= 0.6 is 0 Å². The van der Waals surface area contributed by atoms with Gasteiger partial charge in [0.2, 0.25) is 0 Å². The van der Waals surface area contributed by atoms with Crippen LogP contribution in [0.3, 0.4) is 0 Å². The molecule has 0 aliphatic carbocycles. The summed E-state index contributed by atoms with van der Waals surface area (Å²) in [7, 11) is 0. The third kappa shape index (κ3) is 3.62. The summed E-state index contributed by atoms with van der Waals surface area (Å²) in [6.07, 6.45) is 0. The molecule has 0 N–H and O–H groups in total. The van der Waals surface area contributed by atoms with Crippen molar-refractivity contribution in [3.05, 3.63) is 63.8 Å². The van der Waals surface area contributed by atoms with Gasteiger partial charge in [0.25, 0.3) is 5.56 Å². The highest BCUT2D eigenvalue weighted by molar-refractivity contribution is 5.71. The normalized spacial score (nSPS) is 10.8. The number of carbonyl (C=O) groups excluding carboxylic acids is 1. The molecule has 0 saturated carbocycles. The number of carbonyl (C=O) groups is 1. The molecule has 0 unspecified atom stereocenters. The van der Waals surface area contributed by atoms with Gasteiger partial charge in [0.1, 0.15) is 18.1 Å². The number of aromatic nitrogens is 2. The lowest BCUT2D eigenvalue weighted by Gasteiger charge is -2.07. The van der Waals surface area contributed by atoms with Crippen molar-refractivity contribution in [2.24, 2.45) is 0 Å². The topological polar surface area (TPSA) is 83.0 Å². The number of benzene rings is 1. The van der Waals surface area contributed by atoms with Crippen LogP contribution in [0.4, 0.5) is 0 Å². The molecule has 2 heterocycles. The number of hydrogen-bond acceptors (Lipinski definition) is 6. The average molecular weight is 328 g/mol. The van der Waals surface area contributed by atoms with Crippen LogP contribution in [0.25, 0.3) is 5.65 Å². The van der Waals surface area contributed by atoms with Crippen molar-refractivity contribution in [3.63, 3.8) is 0 Å². The number of ether oxygens (including phenoxy) is 2. The number of esters is 1. The van der Waals surface area contributed by atoms with Crippen LogP contribution in [0.1, 0.15) is 17.0 Å². The molecule has 3 rings (SSSR count). The molecule has 7 heteroatoms. The smallest absolute Gasteiger partial charge is 0.344 e. The quantitative estimate of drug-likeness (QED) is 0.666. The van der Waals surface area contributed by atoms with Crippen LogP contribution < -0.4 is 10.3 Å². The molecule has 1 aromatic carbocycles. The van der Waals surface area contributed by atoms with E-state index in [4.69, 9.17) is 14.0 Å². The first kappa shape index (κ1) is 15.8. The zero-order valence-electron chi connectivity index (χ0n) is 13.3. The minimum absolute atomic E-state index is 0.105. The molecule has 2 aromatic heterocycles. The number of hydrogen-bond donors (Lipinski definition) is 0. The summed E-state index contributed by atoms with van der Waals surface area (Å²) in [6, 6.07) is 10.3. The van der Waals surface area contributed by atoms with Gasteiger partial charge in [-0.15, -0.1) is 4.57 Å². The van der Waals surface area contributed by atoms with E-state index in [1.54, 1.807) is 19.1 Å². The number of rotatable bonds is 5. The van der Waals surface area contributed by atoms with Gasteiger partial charge in [0.15, 0.2) is 12.3 Å². The molecule has 0 spiro atoms. The summed E-state index contributed by atoms with van der Waals surface area (Å²) < 4.78 is 16.7. The van der Waals surface area contributed by atoms with Crippen molar-refractivity contribution in [1.29, 1.82) is 0 Å². The standard InChI is InChI=1S/C17H16N2O5/c1-11-4-3-5-14(6-11)22-10-17(21)23-9-13-8-16(20)19-15(18-13)7-12(2)24-19/h3-8H,9-10H2,1-2H3. The Morgan fingerprint density at radius 3 is 2.88 bits per heavy atom. The predicted molar refractivity (Wildman–Crippen MR) is 84.9 cm³/mol. The fourth-order valence-electron chi connectivity index (χ4n) is 2.19. The maximum absolute atomic E-state index is 11.9. The van der Waals surface area contributed by atoms with E-state index in [0.717, 1.165) is 10.1 Å². The van der Waals surface area contributed by atoms with Crippen LogP contribution in [0.15, 0.2) is 45.7 Å². The van der Waals surface area contributed by atoms with Gasteiger partial charge in [0.05, 0.1) is 5.69 Å². The van der Waals surface area contributed by atoms with Crippen LogP contribution in [0, 0.1) is 13.8 Å². The summed E-state index contributed by atoms with van der Waals surface area (Å²) in [5, 5.41) is 0. The Labute approximate surface area is 137 Å². The van der Waals surface area contributed by atoms with E-state index in [1.807, 2.05) is 25.1 Å². The lowest BCUT2D eigenvalue weighted by Crippen LogP contribution is -2.17. The second-order valence-corrected chi connectivity index (χ2v) is 5.35. The Bertz CT molecular complexity index is 942. The molecule has 0 amide bonds. The average Bonchev–Trinajstić information content (AvgIpc) is 2.92. The number of nitrogens with zero attached hydrogens (tertiary/aromatic N) is 2. The lowest BCUT2D eigenvalue weighted by atomic mass is 10.2. The van der Waals surface area contributed by atoms with E-state index in [9.17, 15) is 9.59 Å². The summed E-state index contributed by atoms with van der Waals surface area (Å²) >= 11 is 0. The second kappa shape index (κ2) is 6.57. The van der Waals surface area contributed by atoms with Gasteiger partial charge in [-0.3, -0.25) is 4.79 Å². The van der Waals surface area contributed by atoms with Crippen molar-refractivity contribution in [2.75, 3.05) is 6.61 Å². The first-order valence-corrected chi connectivity index (χ1v) is 7.36. The van der Waals surface area contributed by atoms with Gasteiger partial charge in [-0.1, -0.05) is 12.1 Å². The first-order chi connectivity index (χ1) is 11.5. The van der Waals surface area contributed by atoms with Crippen molar-refractivity contribution in [3.8, 4) is 5.75 Å². The molecule has 0 atom stereocenters. The summed E-state index contributed by atoms with van der Waals surface area (Å²) in [5.41, 5.74) is 1.40. The fraction of sp³-hybridized carbons (Fsp3) is 0.235. The van der Waals surface area contributed by atoms with E-state index in [1.165, 1.54) is 6.07 Å². The van der Waals surface area contributed by atoms with E-state index in [-0.39, 0.29) is 18.8 Å². The van der Waals surface area contributed by atoms with Gasteiger partial charge in [-0.05, 0) is 31.5 Å². The highest BCUT2D eigenvalue weighted by Gasteiger charge is 2.10. The molecular formula is C17H16N2O5. The van der Waals surface area contributed by atoms with Gasteiger partial charge in [0, 0.05) is 12.1 Å². The third-order valence-electron chi connectivity index (χ3n) is 3.25. The predicted octanol–water partition coefficient (Wildman–Crippen LogP) is 2.03. The largest absolute Gasteiger partial charge is 0.482 e. The van der Waals surface area contributed by atoms with Crippen molar-refractivity contribution >= 4 is 11.6 Å². The van der Waals surface area contributed by atoms with Gasteiger partial charge < -0.3 is 14.0 Å². The monoisotopic (exact) mass is 328 g/mol. The Morgan fingerprint density at radius 1 is 1.25 bits per heavy atom. The van der Waals surface area contributed by atoms with Crippen molar-refractivity contribution in [1.82, 2.24) is 9.56 Å². The van der Waals surface area contributed by atoms with E-state index in [2.05, 4.69) is 4.98 Å². The maximum Gasteiger partial charge on any atom is 0.344 e. The summed E-state index contributed by atoms with van der Waals surface area (Å²) in [4.78, 5) is 27.8. The van der Waals surface area contributed by atoms with Gasteiger partial charge in [-0.2, -0.15) is 0 Å². The van der Waals surface area contributed by atoms with E-state index < -0.39 is 5.97 Å². The lowest BCUT2D eigenvalue weighted by molar-refractivity contribution is -0.147. The molecule has 7 nitrogen and oxygen atoms in total. The van der Waals surface area contributed by atoms with Gasteiger partial charge in [-0.25, -0.2) is 9.78 Å². The second-order valence-electron chi connectivity index (χ2n) is 5.35. The highest BCUT2D eigenvalue weighted by atomic mass is 16.6. The molecule has 0 bridgehead atoms. The third-order valence-corrected chi connectivity index (χ3v) is 3.25. The fourth-order valence-corrected chi connectivity index (χ4v) is 2.19. The molecule has 124 valence electrons. The van der Waals surface area contributed by atoms with Crippen LogP contribution in [-0.2, 0) is 16.1 Å². The maximum atomic E-state index is 11.9. The summed E-state index contributed by atoms with van der Waals surface area (Å²) in [6.45, 7) is 3.33. The highest BCUT2D eigenvalue weighted by Crippen LogP contribution is 2.12. The van der Waals surface area contributed by atoms with Crippen molar-refractivity contribution in [2.45, 2.75) is 20.5 Å². The molecule has 0 aliphatic heterocycles. The molecule has 0 radical (unpaired) electrons. The SMILES string of the molecule is Cc1cccc(OCC(=O)OCc2cc(=O)n3oc(C)cc3n2)c1. The molecule has 0 aliphatic rings. The number of aryl methyl sites for hydroxylation is 2. The number of fused-ring (bicyclic) bond motifs is 1. The minimum Gasteiger partial charge on any atom is -0.482 e. The first-order valence-electron chi connectivity index (χ1n) is 7.36. The van der Waals surface area contributed by atoms with E-state index in [0.29, 0.717) is 22.9 Å². The zero-order chi connectivity index (χ0) is 17.1. The molecule has 0 saturated heterocycles. The van der Waals surface area contributed by atoms with Crippen LogP contribution in [0.2, 0.25) is 0 Å². The molecule has 0 fully saturated rings. The van der Waals surface area contributed by atoms with E-state index >= 15 is 0 Å². The minimum atomic E-state index is -0.540. The molecular weight excluding hydrogens is 312 g/mol. The van der Waals surface area contributed by atoms with Crippen LogP contribution in [0.5, 0.6) is 5.75 Å². The molecule has 24 heavy (non-hydrogen) atoms. The summed E-state index contributed by atoms with van der Waals surface area (Å²) in [5.74, 6) is 0.626. The zero-order valence-corrected chi connectivity index (χ0v) is 13.3. The van der Waals surface area contributed by atoms with Crippen molar-refractivity contribution < 1.29 is 18.8 Å². The van der Waals surface area contributed by atoms with Gasteiger partial charge >= 0.3 is 5.97 Å².